The van der Waals surface area contributed by atoms with Crippen molar-refractivity contribution < 1.29 is 42.5 Å². The van der Waals surface area contributed by atoms with Crippen LogP contribution in [0.15, 0.2) is 91.1 Å². The van der Waals surface area contributed by atoms with E-state index in [2.05, 4.69) is 15.6 Å². The van der Waals surface area contributed by atoms with E-state index in [1.807, 2.05) is 0 Å². The van der Waals surface area contributed by atoms with Crippen molar-refractivity contribution in [3.05, 3.63) is 103 Å². The van der Waals surface area contributed by atoms with Crippen molar-refractivity contribution in [2.24, 2.45) is 5.41 Å². The highest BCUT2D eigenvalue weighted by Gasteiger charge is 2.56. The molecule has 13 heteroatoms. The van der Waals surface area contributed by atoms with Crippen LogP contribution in [0.2, 0.25) is 0 Å². The van der Waals surface area contributed by atoms with Gasteiger partial charge in [-0.05, 0) is 55.3 Å². The number of benzene rings is 3. The van der Waals surface area contributed by atoms with Gasteiger partial charge in [0, 0.05) is 18.3 Å². The normalized spacial score (nSPS) is 12.9. The molecule has 0 spiro atoms. The molecule has 3 N–H and O–H groups in total. The zero-order valence-electron chi connectivity index (χ0n) is 22.1. The van der Waals surface area contributed by atoms with Crippen molar-refractivity contribution in [2.75, 3.05) is 15.5 Å². The Morgan fingerprint density at radius 2 is 1.40 bits per heavy atom. The number of nitrogens with one attached hydrogen (secondary N) is 2. The van der Waals surface area contributed by atoms with E-state index >= 15 is 0 Å². The predicted octanol–water partition coefficient (Wildman–Crippen LogP) is 6.19. The first kappa shape index (κ1) is 28.7. The number of rotatable bonds is 8. The Balaban J connectivity index is 1.26. The molecule has 11 nitrogen and oxygen atoms in total. The minimum atomic E-state index is -1.66. The minimum absolute atomic E-state index is 0.0155. The van der Waals surface area contributed by atoms with Crippen LogP contribution in [0.1, 0.15) is 12.8 Å². The summed E-state index contributed by atoms with van der Waals surface area (Å²) in [6, 6.07) is 19.4. The largest absolute Gasteiger partial charge is 0.464 e. The summed E-state index contributed by atoms with van der Waals surface area (Å²) in [5, 5.41) is 14.4. The maximum atomic E-state index is 14.9. The Bertz CT molecular complexity index is 1710. The maximum Gasteiger partial charge on any atom is 0.430 e. The molecule has 0 unspecified atom stereocenters. The molecule has 1 aliphatic carbocycles. The summed E-state index contributed by atoms with van der Waals surface area (Å²) in [4.78, 5) is 54.2. The number of imide groups is 1. The number of hydrogen-bond acceptors (Lipinski definition) is 7. The summed E-state index contributed by atoms with van der Waals surface area (Å²) in [6.07, 6.45) is -1.29. The van der Waals surface area contributed by atoms with E-state index in [9.17, 15) is 33.1 Å². The summed E-state index contributed by atoms with van der Waals surface area (Å²) < 4.78 is 39.6. The van der Waals surface area contributed by atoms with E-state index < -0.39 is 41.1 Å². The standard InChI is InChI=1S/C30H22F2N4O7/c31-21-8-4-5-9-23(21)34-26(37)30(13-14-30)27(38)35-24-11-10-19(16-22(24)32)42-20-12-15-33-25(17-20)36(28(39)40)29(41)43-18-6-2-1-3-7-18/h1-12,15-17H,13-14H2,(H,34,37)(H,35,38)(H,39,40). The molecule has 1 heterocycles. The zero-order chi connectivity index (χ0) is 30.6. The summed E-state index contributed by atoms with van der Waals surface area (Å²) in [7, 11) is 0. The van der Waals surface area contributed by atoms with Crippen molar-refractivity contribution in [1.29, 1.82) is 0 Å². The lowest BCUT2D eigenvalue weighted by Crippen LogP contribution is -2.38. The van der Waals surface area contributed by atoms with Crippen LogP contribution in [0.4, 0.5) is 35.6 Å². The van der Waals surface area contributed by atoms with E-state index in [1.54, 1.807) is 18.2 Å². The number of nitrogens with zero attached hydrogens (tertiary/aromatic N) is 2. The molecular formula is C30H22F2N4O7. The van der Waals surface area contributed by atoms with E-state index in [0.717, 1.165) is 12.1 Å². The van der Waals surface area contributed by atoms with E-state index in [-0.39, 0.29) is 52.2 Å². The Kier molecular flexibility index (Phi) is 7.96. The molecule has 4 aromatic rings. The first-order valence-electron chi connectivity index (χ1n) is 12.8. The number of hydrogen-bond donors (Lipinski definition) is 3. The second-order valence-corrected chi connectivity index (χ2v) is 9.36. The van der Waals surface area contributed by atoms with Crippen LogP contribution >= 0.6 is 0 Å². The lowest BCUT2D eigenvalue weighted by Gasteiger charge is -2.17. The summed E-state index contributed by atoms with van der Waals surface area (Å²) in [5.41, 5.74) is -1.76. The fraction of sp³-hybridized carbons (Fsp3) is 0.100. The van der Waals surface area contributed by atoms with Gasteiger partial charge in [-0.25, -0.2) is 23.4 Å². The van der Waals surface area contributed by atoms with Crippen molar-refractivity contribution in [2.45, 2.75) is 12.8 Å². The predicted molar refractivity (Wildman–Crippen MR) is 149 cm³/mol. The fourth-order valence-electron chi connectivity index (χ4n) is 4.02. The van der Waals surface area contributed by atoms with Crippen molar-refractivity contribution in [1.82, 2.24) is 4.98 Å². The number of amides is 4. The monoisotopic (exact) mass is 588 g/mol. The second-order valence-electron chi connectivity index (χ2n) is 9.36. The molecule has 0 aliphatic heterocycles. The van der Waals surface area contributed by atoms with E-state index in [4.69, 9.17) is 9.47 Å². The van der Waals surface area contributed by atoms with Gasteiger partial charge < -0.3 is 25.2 Å². The molecule has 1 aromatic heterocycles. The van der Waals surface area contributed by atoms with Crippen molar-refractivity contribution in [3.63, 3.8) is 0 Å². The van der Waals surface area contributed by atoms with Gasteiger partial charge in [-0.1, -0.05) is 30.3 Å². The SMILES string of the molecule is O=C(O)N(C(=O)Oc1ccccc1)c1cc(Oc2ccc(NC(=O)C3(C(=O)Nc4ccccc4F)CC3)c(F)c2)ccn1. The Morgan fingerprint density at radius 3 is 2.02 bits per heavy atom. The highest BCUT2D eigenvalue weighted by molar-refractivity contribution is 6.17. The van der Waals surface area contributed by atoms with Gasteiger partial charge >= 0.3 is 12.2 Å². The average Bonchev–Trinajstić information content (AvgIpc) is 3.79. The second kappa shape index (κ2) is 11.9. The van der Waals surface area contributed by atoms with Crippen LogP contribution in [0.5, 0.6) is 17.2 Å². The van der Waals surface area contributed by atoms with Gasteiger partial charge in [0.05, 0.1) is 11.4 Å². The van der Waals surface area contributed by atoms with Gasteiger partial charge in [-0.15, -0.1) is 0 Å². The number of carbonyl (C=O) groups is 4. The van der Waals surface area contributed by atoms with E-state index in [0.29, 0.717) is 0 Å². The highest BCUT2D eigenvalue weighted by Crippen LogP contribution is 2.47. The fourth-order valence-corrected chi connectivity index (χ4v) is 4.02. The number of anilines is 3. The average molecular weight is 589 g/mol. The molecular weight excluding hydrogens is 566 g/mol. The Morgan fingerprint density at radius 1 is 0.767 bits per heavy atom. The lowest BCUT2D eigenvalue weighted by atomic mass is 10.0. The van der Waals surface area contributed by atoms with Crippen molar-refractivity contribution >= 4 is 41.2 Å². The van der Waals surface area contributed by atoms with Gasteiger partial charge in [0.25, 0.3) is 0 Å². The van der Waals surface area contributed by atoms with Gasteiger partial charge in [0.1, 0.15) is 34.3 Å². The van der Waals surface area contributed by atoms with Crippen LogP contribution in [-0.2, 0) is 9.59 Å². The first-order valence-corrected chi connectivity index (χ1v) is 12.8. The number of para-hydroxylation sites is 2. The Labute approximate surface area is 242 Å². The van der Waals surface area contributed by atoms with Crippen LogP contribution in [-0.4, -0.2) is 34.1 Å². The quantitative estimate of drug-likeness (QED) is 0.206. The molecule has 1 saturated carbocycles. The van der Waals surface area contributed by atoms with Crippen LogP contribution < -0.4 is 25.0 Å². The smallest absolute Gasteiger partial charge is 0.430 e. The molecule has 0 radical (unpaired) electrons. The summed E-state index contributed by atoms with van der Waals surface area (Å²) >= 11 is 0. The van der Waals surface area contributed by atoms with Crippen LogP contribution in [0.25, 0.3) is 0 Å². The first-order chi connectivity index (χ1) is 20.7. The minimum Gasteiger partial charge on any atom is -0.464 e. The molecule has 0 atom stereocenters. The molecule has 1 fully saturated rings. The number of aromatic nitrogens is 1. The van der Waals surface area contributed by atoms with Gasteiger partial charge in [-0.3, -0.25) is 9.59 Å². The van der Waals surface area contributed by atoms with Crippen LogP contribution in [0, 0.1) is 17.0 Å². The molecule has 4 amide bonds. The molecule has 43 heavy (non-hydrogen) atoms. The van der Waals surface area contributed by atoms with Crippen LogP contribution in [0.3, 0.4) is 0 Å². The van der Waals surface area contributed by atoms with Gasteiger partial charge in [0.2, 0.25) is 11.8 Å². The highest BCUT2D eigenvalue weighted by atomic mass is 19.1. The zero-order valence-corrected chi connectivity index (χ0v) is 22.1. The summed E-state index contributed by atoms with van der Waals surface area (Å²) in [5.74, 6) is -3.22. The van der Waals surface area contributed by atoms with Gasteiger partial charge in [-0.2, -0.15) is 4.90 Å². The molecule has 0 bridgehead atoms. The maximum absolute atomic E-state index is 14.9. The molecule has 3 aromatic carbocycles. The number of carboxylic acid groups (broad SMARTS) is 1. The third kappa shape index (κ3) is 6.40. The number of halogens is 2. The number of carbonyl (C=O) groups excluding carboxylic acids is 3. The lowest BCUT2D eigenvalue weighted by molar-refractivity contribution is -0.131. The summed E-state index contributed by atoms with van der Waals surface area (Å²) in [6.45, 7) is 0. The third-order valence-electron chi connectivity index (χ3n) is 6.43. The number of ether oxygens (including phenoxy) is 2. The third-order valence-corrected chi connectivity index (χ3v) is 6.43. The van der Waals surface area contributed by atoms with E-state index in [1.165, 1.54) is 60.8 Å². The molecule has 218 valence electrons. The number of pyridine rings is 1. The van der Waals surface area contributed by atoms with Gasteiger partial charge in [0.15, 0.2) is 5.82 Å². The molecule has 5 rings (SSSR count). The topological polar surface area (TPSA) is 147 Å². The molecule has 0 saturated heterocycles. The molecule has 1 aliphatic rings. The van der Waals surface area contributed by atoms with Crippen molar-refractivity contribution in [3.8, 4) is 17.2 Å². The Hall–Kier alpha value is -5.85.